The van der Waals surface area contributed by atoms with Crippen LogP contribution in [0.3, 0.4) is 0 Å². The van der Waals surface area contributed by atoms with Crippen LogP contribution in [0.4, 0.5) is 31.1 Å². The van der Waals surface area contributed by atoms with Gasteiger partial charge in [-0.3, -0.25) is 14.6 Å². The zero-order valence-electron chi connectivity index (χ0n) is 17.6. The number of carbonyl (C=O) groups excluding carboxylic acids is 2. The van der Waals surface area contributed by atoms with Crippen LogP contribution in [0.5, 0.6) is 0 Å². The second-order valence-corrected chi connectivity index (χ2v) is 8.70. The van der Waals surface area contributed by atoms with Crippen molar-refractivity contribution in [1.82, 2.24) is 10.2 Å². The minimum Gasteiger partial charge on any atom is -0.338 e. The van der Waals surface area contributed by atoms with Crippen molar-refractivity contribution in [1.29, 1.82) is 0 Å². The molecule has 0 aromatic heterocycles. The lowest BCUT2D eigenvalue weighted by Crippen LogP contribution is -2.31. The Morgan fingerprint density at radius 2 is 1.91 bits per heavy atom. The van der Waals surface area contributed by atoms with Gasteiger partial charge in [0.15, 0.2) is 0 Å². The van der Waals surface area contributed by atoms with Gasteiger partial charge in [0.05, 0.1) is 16.0 Å². The molecular formula is C22H19F6N3O2S. The molecule has 0 saturated carbocycles. The third kappa shape index (κ3) is 6.34. The maximum Gasteiger partial charge on any atom is 0.416 e. The summed E-state index contributed by atoms with van der Waals surface area (Å²) in [5, 5.41) is 2.25. The predicted octanol–water partition coefficient (Wildman–Crippen LogP) is 5.22. The maximum atomic E-state index is 13.5. The van der Waals surface area contributed by atoms with Crippen LogP contribution in [-0.4, -0.2) is 35.0 Å². The largest absolute Gasteiger partial charge is 0.416 e. The van der Waals surface area contributed by atoms with E-state index >= 15 is 0 Å². The van der Waals surface area contributed by atoms with Gasteiger partial charge in [0.1, 0.15) is 12.4 Å². The van der Waals surface area contributed by atoms with Crippen molar-refractivity contribution in [2.75, 3.05) is 13.1 Å². The van der Waals surface area contributed by atoms with Gasteiger partial charge in [-0.25, -0.2) is 0 Å². The highest BCUT2D eigenvalue weighted by Crippen LogP contribution is 2.38. The summed E-state index contributed by atoms with van der Waals surface area (Å²) in [7, 11) is 0. The third-order valence-electron chi connectivity index (χ3n) is 5.33. The van der Waals surface area contributed by atoms with Crippen LogP contribution in [0.1, 0.15) is 36.0 Å². The Kier molecular flexibility index (Phi) is 7.65. The number of terminal acetylenes is 1. The Hall–Kier alpha value is -2.94. The number of halogens is 6. The highest BCUT2D eigenvalue weighted by Gasteiger charge is 2.38. The summed E-state index contributed by atoms with van der Waals surface area (Å²) in [6.45, 7) is -0.285. The fraction of sp³-hybridized carbons (Fsp3) is 0.409. The van der Waals surface area contributed by atoms with Crippen LogP contribution in [0, 0.1) is 18.3 Å². The van der Waals surface area contributed by atoms with Crippen molar-refractivity contribution in [2.45, 2.75) is 38.2 Å². The van der Waals surface area contributed by atoms with Crippen molar-refractivity contribution in [2.24, 2.45) is 10.9 Å². The van der Waals surface area contributed by atoms with Crippen LogP contribution in [0.2, 0.25) is 0 Å². The summed E-state index contributed by atoms with van der Waals surface area (Å²) in [5.74, 6) is 2.11. The summed E-state index contributed by atoms with van der Waals surface area (Å²) in [6, 6.07) is 1.42. The molecule has 2 fully saturated rings. The molecule has 5 nitrogen and oxygen atoms in total. The molecule has 1 unspecified atom stereocenters. The Balaban J connectivity index is 1.78. The van der Waals surface area contributed by atoms with E-state index in [9.17, 15) is 35.9 Å². The molecular weight excluding hydrogens is 484 g/mol. The quantitative estimate of drug-likeness (QED) is 0.453. The van der Waals surface area contributed by atoms with E-state index in [0.29, 0.717) is 29.6 Å². The smallest absolute Gasteiger partial charge is 0.338 e. The van der Waals surface area contributed by atoms with Gasteiger partial charge in [-0.05, 0) is 48.2 Å². The second-order valence-electron chi connectivity index (χ2n) is 7.68. The number of alkyl halides is 6. The number of benzene rings is 1. The first-order valence-electron chi connectivity index (χ1n) is 10.1. The van der Waals surface area contributed by atoms with Gasteiger partial charge in [-0.2, -0.15) is 26.3 Å². The number of aliphatic imine (C=N–C) groups is 1. The van der Waals surface area contributed by atoms with E-state index in [2.05, 4.69) is 16.2 Å². The van der Waals surface area contributed by atoms with Gasteiger partial charge in [-0.15, -0.1) is 6.42 Å². The first kappa shape index (κ1) is 25.7. The minimum atomic E-state index is -5.01. The number of hydrogen-bond acceptors (Lipinski definition) is 4. The van der Waals surface area contributed by atoms with Crippen LogP contribution in [0.15, 0.2) is 34.2 Å². The molecule has 2 heterocycles. The monoisotopic (exact) mass is 503 g/mol. The summed E-state index contributed by atoms with van der Waals surface area (Å²) >= 11 is 0.933. The molecule has 2 aliphatic rings. The summed E-state index contributed by atoms with van der Waals surface area (Å²) in [6.07, 6.45) is -2.12. The number of rotatable bonds is 4. The number of amides is 2. The van der Waals surface area contributed by atoms with Crippen molar-refractivity contribution in [3.63, 3.8) is 0 Å². The highest BCUT2D eigenvalue weighted by atomic mass is 32.2. The maximum absolute atomic E-state index is 13.5. The zero-order chi connectivity index (χ0) is 25.1. The minimum absolute atomic E-state index is 0.0410. The molecule has 1 aromatic carbocycles. The first-order chi connectivity index (χ1) is 15.9. The average molecular weight is 503 g/mol. The average Bonchev–Trinajstić information content (AvgIpc) is 3.00. The molecule has 1 N–H and O–H groups in total. The molecule has 0 spiro atoms. The Labute approximate surface area is 195 Å². The topological polar surface area (TPSA) is 61.8 Å². The van der Waals surface area contributed by atoms with Gasteiger partial charge in [0.2, 0.25) is 5.91 Å². The lowest BCUT2D eigenvalue weighted by Gasteiger charge is -2.23. The number of nitrogens with zero attached hydrogens (tertiary/aromatic N) is 2. The molecule has 3 rings (SSSR count). The molecule has 1 atom stereocenters. The predicted molar refractivity (Wildman–Crippen MR) is 115 cm³/mol. The van der Waals surface area contributed by atoms with E-state index in [4.69, 9.17) is 6.42 Å². The van der Waals surface area contributed by atoms with E-state index in [0.717, 1.165) is 17.8 Å². The van der Waals surface area contributed by atoms with Gasteiger partial charge >= 0.3 is 12.4 Å². The molecule has 2 amide bonds. The van der Waals surface area contributed by atoms with Crippen LogP contribution in [0.25, 0.3) is 0 Å². The molecule has 12 heteroatoms. The van der Waals surface area contributed by atoms with Crippen LogP contribution >= 0.6 is 11.8 Å². The summed E-state index contributed by atoms with van der Waals surface area (Å²) in [4.78, 5) is 30.2. The summed E-state index contributed by atoms with van der Waals surface area (Å²) in [5.41, 5.74) is -3.23. The standard InChI is InChI=1S/C22H19F6N3O2S/c1-2-8-29-19-17(34-20(33)30-19)10-13-3-6-18(32)31(9-7-13)12-14-4-5-15(21(23,24)25)11-16(14)22(26,27)28/h1,4-5,10-11,13H,3,6-9,12H2,(H,29,30,33). The fourth-order valence-corrected chi connectivity index (χ4v) is 4.47. The van der Waals surface area contributed by atoms with Gasteiger partial charge < -0.3 is 10.2 Å². The number of likely N-dealkylation sites (tertiary alicyclic amines) is 1. The van der Waals surface area contributed by atoms with E-state index < -0.39 is 41.5 Å². The molecule has 0 radical (unpaired) electrons. The van der Waals surface area contributed by atoms with Crippen molar-refractivity contribution >= 4 is 28.7 Å². The Morgan fingerprint density at radius 3 is 2.56 bits per heavy atom. The number of allylic oxidation sites excluding steroid dienone is 1. The summed E-state index contributed by atoms with van der Waals surface area (Å²) < 4.78 is 79.1. The lowest BCUT2D eigenvalue weighted by atomic mass is 10.00. The molecule has 0 aliphatic carbocycles. The fourth-order valence-electron chi connectivity index (χ4n) is 3.65. The number of carbonyl (C=O) groups is 2. The second kappa shape index (κ2) is 10.1. The van der Waals surface area contributed by atoms with E-state index in [1.165, 1.54) is 4.90 Å². The Bertz CT molecular complexity index is 1070. The lowest BCUT2D eigenvalue weighted by molar-refractivity contribution is -0.144. The first-order valence-corrected chi connectivity index (χ1v) is 10.9. The van der Waals surface area contributed by atoms with Crippen molar-refractivity contribution in [3.05, 3.63) is 45.9 Å². The molecule has 0 bridgehead atoms. The van der Waals surface area contributed by atoms with Crippen LogP contribution < -0.4 is 5.32 Å². The van der Waals surface area contributed by atoms with E-state index in [1.54, 1.807) is 6.08 Å². The number of nitrogens with one attached hydrogen (secondary N) is 1. The molecule has 34 heavy (non-hydrogen) atoms. The number of amidine groups is 1. The zero-order valence-corrected chi connectivity index (χ0v) is 18.4. The van der Waals surface area contributed by atoms with Crippen molar-refractivity contribution in [3.8, 4) is 12.3 Å². The highest BCUT2D eigenvalue weighted by molar-refractivity contribution is 8.18. The Morgan fingerprint density at radius 1 is 1.18 bits per heavy atom. The van der Waals surface area contributed by atoms with Gasteiger partial charge in [0.25, 0.3) is 5.24 Å². The molecule has 2 aliphatic heterocycles. The molecule has 1 aromatic rings. The van der Waals surface area contributed by atoms with E-state index in [-0.39, 0.29) is 36.7 Å². The third-order valence-corrected chi connectivity index (χ3v) is 6.16. The van der Waals surface area contributed by atoms with Gasteiger partial charge in [-0.1, -0.05) is 18.1 Å². The normalized spacial score (nSPS) is 22.1. The van der Waals surface area contributed by atoms with E-state index in [1.807, 2.05) is 0 Å². The van der Waals surface area contributed by atoms with Crippen LogP contribution in [-0.2, 0) is 23.7 Å². The molecule has 182 valence electrons. The number of hydrogen-bond donors (Lipinski definition) is 1. The van der Waals surface area contributed by atoms with Gasteiger partial charge in [0, 0.05) is 19.5 Å². The SMILES string of the molecule is C#CCN=C1NC(=O)SC1=CC1CCC(=O)N(Cc2ccc(C(F)(F)F)cc2C(F)(F)F)CC1. The van der Waals surface area contributed by atoms with Crippen molar-refractivity contribution < 1.29 is 35.9 Å². The number of thioether (sulfide) groups is 1. The molecule has 2 saturated heterocycles.